The molecule has 0 unspecified atom stereocenters. The van der Waals surface area contributed by atoms with Crippen LogP contribution in [0.3, 0.4) is 0 Å². The molecule has 3 aromatic rings. The highest BCUT2D eigenvalue weighted by molar-refractivity contribution is 7.89. The Morgan fingerprint density at radius 2 is 1.50 bits per heavy atom. The SMILES string of the molecule is CCN(CC)S(=O)(=O)c1ccc(CNCc2ccc(-n3cccn3)cc2)cc1. The largest absolute Gasteiger partial charge is 0.309 e. The van der Waals surface area contributed by atoms with Crippen molar-refractivity contribution in [3.63, 3.8) is 0 Å². The van der Waals surface area contributed by atoms with Crippen molar-refractivity contribution in [2.75, 3.05) is 13.1 Å². The van der Waals surface area contributed by atoms with Gasteiger partial charge in [-0.25, -0.2) is 13.1 Å². The molecular formula is C21H26N4O2S. The molecule has 0 aliphatic carbocycles. The molecule has 0 amide bonds. The number of sulfonamides is 1. The number of nitrogens with one attached hydrogen (secondary N) is 1. The fourth-order valence-corrected chi connectivity index (χ4v) is 4.49. The van der Waals surface area contributed by atoms with Crippen molar-refractivity contribution >= 4 is 10.0 Å². The molecule has 2 aromatic carbocycles. The van der Waals surface area contributed by atoms with Crippen molar-refractivity contribution in [2.45, 2.75) is 31.8 Å². The molecule has 3 rings (SSSR count). The first-order valence-corrected chi connectivity index (χ1v) is 10.9. The first kappa shape index (κ1) is 20.3. The Hall–Kier alpha value is -2.48. The predicted molar refractivity (Wildman–Crippen MR) is 111 cm³/mol. The van der Waals surface area contributed by atoms with E-state index in [1.54, 1.807) is 18.3 Å². The Labute approximate surface area is 166 Å². The van der Waals surface area contributed by atoms with Gasteiger partial charge in [-0.2, -0.15) is 9.40 Å². The predicted octanol–water partition coefficient (Wildman–Crippen LogP) is 3.19. The van der Waals surface area contributed by atoms with Crippen molar-refractivity contribution in [1.29, 1.82) is 0 Å². The lowest BCUT2D eigenvalue weighted by atomic mass is 10.2. The van der Waals surface area contributed by atoms with Gasteiger partial charge in [0.15, 0.2) is 0 Å². The highest BCUT2D eigenvalue weighted by atomic mass is 32.2. The van der Waals surface area contributed by atoms with Crippen molar-refractivity contribution < 1.29 is 8.42 Å². The Bertz CT molecular complexity index is 962. The average molecular weight is 399 g/mol. The minimum Gasteiger partial charge on any atom is -0.309 e. The maximum absolute atomic E-state index is 12.5. The van der Waals surface area contributed by atoms with Crippen LogP contribution in [0.15, 0.2) is 71.9 Å². The molecule has 0 aliphatic rings. The lowest BCUT2D eigenvalue weighted by Crippen LogP contribution is -2.30. The Balaban J connectivity index is 1.55. The molecule has 0 saturated carbocycles. The van der Waals surface area contributed by atoms with E-state index in [0.717, 1.165) is 17.8 Å². The molecule has 28 heavy (non-hydrogen) atoms. The topological polar surface area (TPSA) is 67.2 Å². The number of rotatable bonds is 9. The summed E-state index contributed by atoms with van der Waals surface area (Å²) < 4.78 is 28.3. The summed E-state index contributed by atoms with van der Waals surface area (Å²) in [6.07, 6.45) is 3.67. The molecule has 1 heterocycles. The molecule has 148 valence electrons. The number of aromatic nitrogens is 2. The van der Waals surface area contributed by atoms with Crippen molar-refractivity contribution in [1.82, 2.24) is 19.4 Å². The summed E-state index contributed by atoms with van der Waals surface area (Å²) in [4.78, 5) is 0.342. The Morgan fingerprint density at radius 3 is 2.00 bits per heavy atom. The number of nitrogens with zero attached hydrogens (tertiary/aromatic N) is 3. The van der Waals surface area contributed by atoms with Gasteiger partial charge in [-0.05, 0) is 41.5 Å². The van der Waals surface area contributed by atoms with Gasteiger partial charge in [-0.15, -0.1) is 0 Å². The van der Waals surface area contributed by atoms with Crippen molar-refractivity contribution in [3.8, 4) is 5.69 Å². The maximum Gasteiger partial charge on any atom is 0.243 e. The van der Waals surface area contributed by atoms with Crippen LogP contribution in [0.1, 0.15) is 25.0 Å². The van der Waals surface area contributed by atoms with Gasteiger partial charge in [0, 0.05) is 38.6 Å². The van der Waals surface area contributed by atoms with E-state index >= 15 is 0 Å². The molecular weight excluding hydrogens is 372 g/mol. The van der Waals surface area contributed by atoms with Gasteiger partial charge in [0.05, 0.1) is 10.6 Å². The number of benzene rings is 2. The van der Waals surface area contributed by atoms with E-state index in [0.29, 0.717) is 24.5 Å². The maximum atomic E-state index is 12.5. The van der Waals surface area contributed by atoms with Gasteiger partial charge in [0.1, 0.15) is 0 Å². The molecule has 0 bridgehead atoms. The normalized spacial score (nSPS) is 11.8. The molecule has 0 aliphatic heterocycles. The quantitative estimate of drug-likeness (QED) is 0.601. The lowest BCUT2D eigenvalue weighted by Gasteiger charge is -2.18. The van der Waals surface area contributed by atoms with E-state index in [2.05, 4.69) is 22.5 Å². The van der Waals surface area contributed by atoms with Gasteiger partial charge < -0.3 is 5.32 Å². The van der Waals surface area contributed by atoms with Crippen molar-refractivity contribution in [2.24, 2.45) is 0 Å². The van der Waals surface area contributed by atoms with Crippen LogP contribution in [0.25, 0.3) is 5.69 Å². The smallest absolute Gasteiger partial charge is 0.243 e. The molecule has 0 radical (unpaired) electrons. The zero-order chi connectivity index (χ0) is 20.0. The molecule has 0 saturated heterocycles. The summed E-state index contributed by atoms with van der Waals surface area (Å²) in [5, 5.41) is 7.61. The Morgan fingerprint density at radius 1 is 0.929 bits per heavy atom. The highest BCUT2D eigenvalue weighted by Crippen LogP contribution is 2.16. The minimum atomic E-state index is -3.40. The first-order valence-electron chi connectivity index (χ1n) is 9.43. The summed E-state index contributed by atoms with van der Waals surface area (Å²) in [5.41, 5.74) is 3.25. The van der Waals surface area contributed by atoms with Crippen LogP contribution in [0.5, 0.6) is 0 Å². The molecule has 0 spiro atoms. The van der Waals surface area contributed by atoms with Crippen LogP contribution in [-0.4, -0.2) is 35.6 Å². The monoisotopic (exact) mass is 398 g/mol. The average Bonchev–Trinajstić information content (AvgIpc) is 3.24. The van der Waals surface area contributed by atoms with Crippen LogP contribution < -0.4 is 5.32 Å². The van der Waals surface area contributed by atoms with Crippen LogP contribution in [-0.2, 0) is 23.1 Å². The second-order valence-corrected chi connectivity index (χ2v) is 8.39. The van der Waals surface area contributed by atoms with E-state index < -0.39 is 10.0 Å². The third-order valence-electron chi connectivity index (χ3n) is 4.63. The summed E-state index contributed by atoms with van der Waals surface area (Å²) in [6.45, 7) is 6.05. The van der Waals surface area contributed by atoms with Gasteiger partial charge >= 0.3 is 0 Å². The van der Waals surface area contributed by atoms with Crippen LogP contribution in [0.2, 0.25) is 0 Å². The first-order chi connectivity index (χ1) is 13.5. The fraction of sp³-hybridized carbons (Fsp3) is 0.286. The Kier molecular flexibility index (Phi) is 6.61. The van der Waals surface area contributed by atoms with E-state index in [1.807, 2.05) is 55.1 Å². The number of hydrogen-bond acceptors (Lipinski definition) is 4. The van der Waals surface area contributed by atoms with E-state index in [1.165, 1.54) is 9.87 Å². The second-order valence-electron chi connectivity index (χ2n) is 6.45. The van der Waals surface area contributed by atoms with Crippen LogP contribution in [0.4, 0.5) is 0 Å². The van der Waals surface area contributed by atoms with Gasteiger partial charge in [-0.3, -0.25) is 0 Å². The fourth-order valence-electron chi connectivity index (χ4n) is 3.03. The van der Waals surface area contributed by atoms with Gasteiger partial charge in [0.2, 0.25) is 10.0 Å². The van der Waals surface area contributed by atoms with E-state index in [9.17, 15) is 8.42 Å². The second kappa shape index (κ2) is 9.14. The van der Waals surface area contributed by atoms with Crippen LogP contribution >= 0.6 is 0 Å². The molecule has 0 fully saturated rings. The third-order valence-corrected chi connectivity index (χ3v) is 6.69. The van der Waals surface area contributed by atoms with E-state index in [-0.39, 0.29) is 0 Å². The zero-order valence-electron chi connectivity index (χ0n) is 16.2. The molecule has 1 aromatic heterocycles. The molecule has 6 nitrogen and oxygen atoms in total. The molecule has 7 heteroatoms. The van der Waals surface area contributed by atoms with Crippen molar-refractivity contribution in [3.05, 3.63) is 78.1 Å². The molecule has 0 atom stereocenters. The van der Waals surface area contributed by atoms with Gasteiger partial charge in [-0.1, -0.05) is 38.1 Å². The van der Waals surface area contributed by atoms with Crippen LogP contribution in [0, 0.1) is 0 Å². The minimum absolute atomic E-state index is 0.342. The molecule has 1 N–H and O–H groups in total. The third kappa shape index (κ3) is 4.67. The highest BCUT2D eigenvalue weighted by Gasteiger charge is 2.20. The zero-order valence-corrected chi connectivity index (χ0v) is 17.1. The summed E-state index contributed by atoms with van der Waals surface area (Å²) >= 11 is 0. The summed E-state index contributed by atoms with van der Waals surface area (Å²) in [5.74, 6) is 0. The summed E-state index contributed by atoms with van der Waals surface area (Å²) in [6, 6.07) is 17.2. The summed E-state index contributed by atoms with van der Waals surface area (Å²) in [7, 11) is -3.40. The van der Waals surface area contributed by atoms with Gasteiger partial charge in [0.25, 0.3) is 0 Å². The number of hydrogen-bond donors (Lipinski definition) is 1. The standard InChI is InChI=1S/C21H26N4O2S/c1-3-24(4-2)28(26,27)21-12-8-19(9-13-21)17-22-16-18-6-10-20(11-7-18)25-15-5-14-23-25/h5-15,22H,3-4,16-17H2,1-2H3. The van der Waals surface area contributed by atoms with E-state index in [4.69, 9.17) is 0 Å². The lowest BCUT2D eigenvalue weighted by molar-refractivity contribution is 0.445.